The minimum atomic E-state index is -2.79. The van der Waals surface area contributed by atoms with Crippen molar-refractivity contribution in [3.8, 4) is 0 Å². The van der Waals surface area contributed by atoms with Crippen molar-refractivity contribution in [2.45, 2.75) is 31.7 Å². The summed E-state index contributed by atoms with van der Waals surface area (Å²) >= 11 is 0. The highest BCUT2D eigenvalue weighted by atomic mass is 32.2. The summed E-state index contributed by atoms with van der Waals surface area (Å²) < 4.78 is 25.2. The van der Waals surface area contributed by atoms with Gasteiger partial charge in [-0.3, -0.25) is 0 Å². The van der Waals surface area contributed by atoms with Crippen molar-refractivity contribution in [2.75, 3.05) is 24.6 Å². The molecule has 6 heteroatoms. The lowest BCUT2D eigenvalue weighted by molar-refractivity contribution is 0.427. The zero-order chi connectivity index (χ0) is 13.5. The molecular weight excluding hydrogens is 262 g/mol. The van der Waals surface area contributed by atoms with E-state index < -0.39 is 9.84 Å². The Labute approximate surface area is 114 Å². The van der Waals surface area contributed by atoms with E-state index in [2.05, 4.69) is 21.8 Å². The van der Waals surface area contributed by atoms with Gasteiger partial charge in [-0.05, 0) is 25.3 Å². The van der Waals surface area contributed by atoms with Crippen LogP contribution in [0.5, 0.6) is 0 Å². The molecule has 1 aromatic rings. The van der Waals surface area contributed by atoms with E-state index in [1.807, 2.05) is 12.5 Å². The average molecular weight is 283 g/mol. The van der Waals surface area contributed by atoms with Crippen LogP contribution in [0, 0.1) is 5.92 Å². The van der Waals surface area contributed by atoms with Crippen LogP contribution in [0.15, 0.2) is 12.5 Å². The van der Waals surface area contributed by atoms with E-state index in [0.29, 0.717) is 11.5 Å². The molecule has 0 saturated carbocycles. The van der Waals surface area contributed by atoms with Crippen LogP contribution in [0.25, 0.3) is 0 Å². The summed E-state index contributed by atoms with van der Waals surface area (Å²) in [5.41, 5.74) is 1.37. The fourth-order valence-corrected chi connectivity index (χ4v) is 5.15. The predicted molar refractivity (Wildman–Crippen MR) is 73.8 cm³/mol. The van der Waals surface area contributed by atoms with Gasteiger partial charge in [0.05, 0.1) is 17.8 Å². The number of nitrogens with one attached hydrogen (secondary N) is 1. The first-order valence-corrected chi connectivity index (χ1v) is 8.72. The van der Waals surface area contributed by atoms with Crippen LogP contribution in [0.2, 0.25) is 0 Å². The van der Waals surface area contributed by atoms with Crippen molar-refractivity contribution >= 4 is 9.84 Å². The van der Waals surface area contributed by atoms with Crippen LogP contribution < -0.4 is 5.32 Å². The smallest absolute Gasteiger partial charge is 0.150 e. The summed E-state index contributed by atoms with van der Waals surface area (Å²) in [5, 5.41) is 3.40. The van der Waals surface area contributed by atoms with E-state index in [1.54, 1.807) is 0 Å². The summed E-state index contributed by atoms with van der Waals surface area (Å²) in [5.74, 6) is 0.927. The highest BCUT2D eigenvalue weighted by Crippen LogP contribution is 2.31. The van der Waals surface area contributed by atoms with E-state index in [1.165, 1.54) is 5.69 Å². The second-order valence-corrected chi connectivity index (χ2v) is 8.42. The number of imidazole rings is 1. The molecule has 3 rings (SSSR count). The van der Waals surface area contributed by atoms with E-state index in [4.69, 9.17) is 0 Å². The van der Waals surface area contributed by atoms with E-state index in [9.17, 15) is 8.42 Å². The summed E-state index contributed by atoms with van der Waals surface area (Å²) in [6.45, 7) is 5.05. The minimum absolute atomic E-state index is 0.133. The first-order valence-electron chi connectivity index (χ1n) is 6.90. The van der Waals surface area contributed by atoms with Crippen LogP contribution in [0.1, 0.15) is 25.5 Å². The van der Waals surface area contributed by atoms with Crippen LogP contribution in [0.3, 0.4) is 0 Å². The maximum absolute atomic E-state index is 11.5. The zero-order valence-corrected chi connectivity index (χ0v) is 12.1. The summed E-state index contributed by atoms with van der Waals surface area (Å²) in [6.07, 6.45) is 5.69. The Morgan fingerprint density at radius 2 is 2.42 bits per heavy atom. The summed E-state index contributed by atoms with van der Waals surface area (Å²) in [7, 11) is -2.79. The van der Waals surface area contributed by atoms with E-state index >= 15 is 0 Å². The fourth-order valence-electron chi connectivity index (χ4n) is 3.30. The molecule has 19 heavy (non-hydrogen) atoms. The number of sulfone groups is 1. The van der Waals surface area contributed by atoms with Gasteiger partial charge in [0.1, 0.15) is 0 Å². The van der Waals surface area contributed by atoms with Crippen molar-refractivity contribution in [2.24, 2.45) is 5.92 Å². The van der Waals surface area contributed by atoms with Gasteiger partial charge >= 0.3 is 0 Å². The highest BCUT2D eigenvalue weighted by Gasteiger charge is 2.35. The number of rotatable bonds is 3. The number of hydrogen-bond acceptors (Lipinski definition) is 4. The van der Waals surface area contributed by atoms with Gasteiger partial charge in [0, 0.05) is 30.4 Å². The molecule has 5 nitrogen and oxygen atoms in total. The number of nitrogens with zero attached hydrogens (tertiary/aromatic N) is 2. The van der Waals surface area contributed by atoms with Crippen LogP contribution in [0.4, 0.5) is 0 Å². The molecule has 106 valence electrons. The maximum atomic E-state index is 11.5. The lowest BCUT2D eigenvalue weighted by Crippen LogP contribution is -2.29. The molecule has 0 radical (unpaired) electrons. The first kappa shape index (κ1) is 13.1. The third-order valence-corrected chi connectivity index (χ3v) is 6.32. The molecule has 1 aromatic heterocycles. The maximum Gasteiger partial charge on any atom is 0.150 e. The molecule has 0 spiro atoms. The first-order chi connectivity index (χ1) is 8.99. The van der Waals surface area contributed by atoms with Gasteiger partial charge in [-0.1, -0.05) is 6.92 Å². The van der Waals surface area contributed by atoms with Gasteiger partial charge in [-0.2, -0.15) is 0 Å². The highest BCUT2D eigenvalue weighted by molar-refractivity contribution is 7.91. The van der Waals surface area contributed by atoms with Gasteiger partial charge in [-0.15, -0.1) is 0 Å². The van der Waals surface area contributed by atoms with Crippen molar-refractivity contribution in [3.05, 3.63) is 18.2 Å². The number of aromatic nitrogens is 2. The second kappa shape index (κ2) is 4.59. The Hall–Kier alpha value is -0.880. The molecule has 1 N–H and O–H groups in total. The number of hydrogen-bond donors (Lipinski definition) is 1. The van der Waals surface area contributed by atoms with E-state index in [-0.39, 0.29) is 11.3 Å². The zero-order valence-electron chi connectivity index (χ0n) is 11.3. The Morgan fingerprint density at radius 3 is 3.05 bits per heavy atom. The van der Waals surface area contributed by atoms with Crippen molar-refractivity contribution < 1.29 is 8.42 Å². The third-order valence-electron chi connectivity index (χ3n) is 4.48. The second-order valence-electron chi connectivity index (χ2n) is 6.19. The van der Waals surface area contributed by atoms with Crippen molar-refractivity contribution in [1.82, 2.24) is 14.9 Å². The third kappa shape index (κ3) is 2.56. The largest absolute Gasteiger partial charge is 0.334 e. The normalized spacial score (nSPS) is 33.8. The lowest BCUT2D eigenvalue weighted by atomic mass is 9.86. The molecular formula is C13H21N3O2S. The molecule has 2 aliphatic heterocycles. The quantitative estimate of drug-likeness (QED) is 0.881. The molecule has 0 amide bonds. The SMILES string of the molecule is CC1(c2cncn2CC2CCS(=O)(=O)C2)CCNC1. The molecule has 2 atom stereocenters. The molecule has 0 aromatic carbocycles. The van der Waals surface area contributed by atoms with Crippen LogP contribution in [-0.4, -0.2) is 42.6 Å². The Morgan fingerprint density at radius 1 is 1.58 bits per heavy atom. The van der Waals surface area contributed by atoms with Crippen molar-refractivity contribution in [1.29, 1.82) is 0 Å². The molecule has 2 unspecified atom stereocenters. The molecule has 0 bridgehead atoms. The molecule has 0 aliphatic carbocycles. The van der Waals surface area contributed by atoms with Gasteiger partial charge < -0.3 is 9.88 Å². The van der Waals surface area contributed by atoms with Crippen LogP contribution in [-0.2, 0) is 21.8 Å². The molecule has 2 aliphatic rings. The Bertz CT molecular complexity index is 558. The average Bonchev–Trinajstić information content (AvgIpc) is 3.01. The Kier molecular flexibility index (Phi) is 3.17. The standard InChI is InChI=1S/C13H21N3O2S/c1-13(3-4-14-9-13)12-6-15-10-16(12)7-11-2-5-19(17,18)8-11/h6,10-11,14H,2-5,7-9H2,1H3. The van der Waals surface area contributed by atoms with Gasteiger partial charge in [0.15, 0.2) is 9.84 Å². The molecule has 2 saturated heterocycles. The van der Waals surface area contributed by atoms with Crippen LogP contribution >= 0.6 is 0 Å². The van der Waals surface area contributed by atoms with Gasteiger partial charge in [0.2, 0.25) is 0 Å². The predicted octanol–water partition coefficient (Wildman–Crippen LogP) is 0.569. The van der Waals surface area contributed by atoms with Crippen molar-refractivity contribution in [3.63, 3.8) is 0 Å². The monoisotopic (exact) mass is 283 g/mol. The minimum Gasteiger partial charge on any atom is -0.334 e. The summed E-state index contributed by atoms with van der Waals surface area (Å²) in [4.78, 5) is 4.28. The fraction of sp³-hybridized carbons (Fsp3) is 0.769. The summed E-state index contributed by atoms with van der Waals surface area (Å²) in [6, 6.07) is 0. The van der Waals surface area contributed by atoms with E-state index in [0.717, 1.165) is 32.5 Å². The molecule has 3 heterocycles. The topological polar surface area (TPSA) is 64.0 Å². The Balaban J connectivity index is 1.78. The van der Waals surface area contributed by atoms with Gasteiger partial charge in [0.25, 0.3) is 0 Å². The molecule has 2 fully saturated rings. The van der Waals surface area contributed by atoms with Gasteiger partial charge in [-0.25, -0.2) is 13.4 Å². The lowest BCUT2D eigenvalue weighted by Gasteiger charge is -2.25.